The van der Waals surface area contributed by atoms with E-state index in [1.54, 1.807) is 30.3 Å². The number of rotatable bonds is 6. The number of hydrogen-bond acceptors (Lipinski definition) is 5. The molecule has 0 radical (unpaired) electrons. The van der Waals surface area contributed by atoms with Crippen LogP contribution in [0.3, 0.4) is 0 Å². The molecular weight excluding hydrogens is 310 g/mol. The molecule has 0 aliphatic carbocycles. The first-order valence-corrected chi connectivity index (χ1v) is 8.31. The summed E-state index contributed by atoms with van der Waals surface area (Å²) in [7, 11) is 0. The van der Waals surface area contributed by atoms with Crippen LogP contribution in [0.2, 0.25) is 0 Å². The first-order valence-electron chi connectivity index (χ1n) is 7.32. The first-order chi connectivity index (χ1) is 10.8. The Morgan fingerprint density at radius 3 is 2.52 bits per heavy atom. The summed E-state index contributed by atoms with van der Waals surface area (Å²) < 4.78 is 1.92. The number of Topliss-reactive ketones (excluding diaryl/α,β-unsaturated/α-hetero) is 1. The highest BCUT2D eigenvalue weighted by atomic mass is 32.2. The Hall–Kier alpha value is -2.08. The number of benzene rings is 1. The Bertz CT molecular complexity index is 700. The number of ketones is 1. The van der Waals surface area contributed by atoms with E-state index in [9.17, 15) is 9.90 Å². The molecule has 0 aliphatic rings. The highest BCUT2D eigenvalue weighted by Gasteiger charge is 2.22. The lowest BCUT2D eigenvalue weighted by molar-refractivity contribution is -0.123. The summed E-state index contributed by atoms with van der Waals surface area (Å²) in [6, 6.07) is 6.79. The second-order valence-corrected chi connectivity index (χ2v) is 7.16. The van der Waals surface area contributed by atoms with Gasteiger partial charge in [0.05, 0.1) is 5.75 Å². The van der Waals surface area contributed by atoms with Crippen LogP contribution in [0.5, 0.6) is 5.75 Å². The Kier molecular flexibility index (Phi) is 5.26. The molecule has 1 heterocycles. The van der Waals surface area contributed by atoms with Crippen molar-refractivity contribution in [2.24, 2.45) is 5.41 Å². The van der Waals surface area contributed by atoms with E-state index in [0.717, 1.165) is 5.56 Å². The lowest BCUT2D eigenvalue weighted by Crippen LogP contribution is -2.22. The summed E-state index contributed by atoms with van der Waals surface area (Å²) in [6.45, 7) is 10.0. The standard InChI is InChI=1S/C17H21N3O2S/c1-5-10-20-15(12-6-8-13(21)9-7-12)18-19-16(20)23-11-14(22)17(2,3)4/h5-9,21H,1,10-11H2,2-4H3. The summed E-state index contributed by atoms with van der Waals surface area (Å²) in [5, 5.41) is 18.5. The molecule has 5 nitrogen and oxygen atoms in total. The van der Waals surface area contributed by atoms with Crippen LogP contribution in [-0.2, 0) is 11.3 Å². The maximum atomic E-state index is 12.1. The van der Waals surface area contributed by atoms with E-state index in [2.05, 4.69) is 16.8 Å². The average Bonchev–Trinajstić information content (AvgIpc) is 2.88. The predicted octanol–water partition coefficient (Wildman–Crippen LogP) is 3.54. The SMILES string of the molecule is C=CCn1c(SCC(=O)C(C)(C)C)nnc1-c1ccc(O)cc1. The second-order valence-electron chi connectivity index (χ2n) is 6.21. The summed E-state index contributed by atoms with van der Waals surface area (Å²) in [4.78, 5) is 12.1. The van der Waals surface area contributed by atoms with Crippen molar-refractivity contribution in [1.29, 1.82) is 0 Å². The van der Waals surface area contributed by atoms with Gasteiger partial charge in [-0.15, -0.1) is 16.8 Å². The van der Waals surface area contributed by atoms with Crippen molar-refractivity contribution < 1.29 is 9.90 Å². The van der Waals surface area contributed by atoms with Crippen molar-refractivity contribution in [3.8, 4) is 17.1 Å². The van der Waals surface area contributed by atoms with Gasteiger partial charge in [-0.25, -0.2) is 0 Å². The third kappa shape index (κ3) is 4.22. The minimum absolute atomic E-state index is 0.168. The molecule has 0 amide bonds. The maximum Gasteiger partial charge on any atom is 0.192 e. The molecule has 0 atom stereocenters. The molecule has 0 saturated heterocycles. The van der Waals surface area contributed by atoms with Crippen LogP contribution >= 0.6 is 11.8 Å². The molecule has 23 heavy (non-hydrogen) atoms. The van der Waals surface area contributed by atoms with Gasteiger partial charge in [0.1, 0.15) is 11.5 Å². The van der Waals surface area contributed by atoms with E-state index >= 15 is 0 Å². The predicted molar refractivity (Wildman–Crippen MR) is 92.5 cm³/mol. The minimum atomic E-state index is -0.365. The van der Waals surface area contributed by atoms with Crippen LogP contribution in [0.15, 0.2) is 42.1 Å². The summed E-state index contributed by atoms with van der Waals surface area (Å²) in [5.74, 6) is 1.42. The zero-order valence-electron chi connectivity index (χ0n) is 13.6. The number of phenols is 1. The van der Waals surface area contributed by atoms with E-state index < -0.39 is 0 Å². The highest BCUT2D eigenvalue weighted by Crippen LogP contribution is 2.27. The topological polar surface area (TPSA) is 68.0 Å². The minimum Gasteiger partial charge on any atom is -0.508 e. The summed E-state index contributed by atoms with van der Waals surface area (Å²) in [6.07, 6.45) is 1.77. The van der Waals surface area contributed by atoms with E-state index in [4.69, 9.17) is 0 Å². The van der Waals surface area contributed by atoms with Gasteiger partial charge in [-0.2, -0.15) is 0 Å². The molecule has 0 fully saturated rings. The molecule has 0 aliphatic heterocycles. The number of phenolic OH excluding ortho intramolecular Hbond substituents is 1. The van der Waals surface area contributed by atoms with Gasteiger partial charge < -0.3 is 5.11 Å². The Morgan fingerprint density at radius 1 is 1.30 bits per heavy atom. The Labute approximate surface area is 140 Å². The third-order valence-corrected chi connectivity index (χ3v) is 4.29. The lowest BCUT2D eigenvalue weighted by atomic mass is 9.92. The molecule has 6 heteroatoms. The van der Waals surface area contributed by atoms with Crippen molar-refractivity contribution in [1.82, 2.24) is 14.8 Å². The van der Waals surface area contributed by atoms with E-state index in [1.807, 2.05) is 25.3 Å². The number of hydrogen-bond donors (Lipinski definition) is 1. The normalized spacial score (nSPS) is 11.4. The van der Waals surface area contributed by atoms with Gasteiger partial charge in [-0.1, -0.05) is 38.6 Å². The van der Waals surface area contributed by atoms with Gasteiger partial charge in [-0.05, 0) is 24.3 Å². The fraction of sp³-hybridized carbons (Fsp3) is 0.353. The van der Waals surface area contributed by atoms with E-state index in [1.165, 1.54) is 11.8 Å². The molecule has 1 N–H and O–H groups in total. The van der Waals surface area contributed by atoms with Gasteiger partial charge in [0.2, 0.25) is 0 Å². The van der Waals surface area contributed by atoms with Gasteiger partial charge >= 0.3 is 0 Å². The third-order valence-electron chi connectivity index (χ3n) is 3.32. The van der Waals surface area contributed by atoms with Gasteiger partial charge in [0.25, 0.3) is 0 Å². The number of aromatic nitrogens is 3. The van der Waals surface area contributed by atoms with Crippen molar-refractivity contribution in [2.75, 3.05) is 5.75 Å². The van der Waals surface area contributed by atoms with Crippen LogP contribution in [0, 0.1) is 5.41 Å². The number of allylic oxidation sites excluding steroid dienone is 1. The second kappa shape index (κ2) is 7.00. The molecule has 122 valence electrons. The molecule has 0 spiro atoms. The molecule has 1 aromatic heterocycles. The summed E-state index contributed by atoms with van der Waals surface area (Å²) in [5.41, 5.74) is 0.488. The van der Waals surface area contributed by atoms with Gasteiger partial charge in [0.15, 0.2) is 11.0 Å². The van der Waals surface area contributed by atoms with Crippen LogP contribution < -0.4 is 0 Å². The zero-order chi connectivity index (χ0) is 17.0. The van der Waals surface area contributed by atoms with Gasteiger partial charge in [-0.3, -0.25) is 9.36 Å². The van der Waals surface area contributed by atoms with Crippen LogP contribution in [0.25, 0.3) is 11.4 Å². The number of nitrogens with zero attached hydrogens (tertiary/aromatic N) is 3. The Balaban J connectivity index is 2.26. The molecule has 0 bridgehead atoms. The molecule has 2 aromatic rings. The number of carbonyl (C=O) groups excluding carboxylic acids is 1. The quantitative estimate of drug-likeness (QED) is 0.648. The number of carbonyl (C=O) groups is 1. The summed E-state index contributed by atoms with van der Waals surface area (Å²) >= 11 is 1.38. The van der Waals surface area contributed by atoms with Gasteiger partial charge in [0, 0.05) is 17.5 Å². The van der Waals surface area contributed by atoms with E-state index in [-0.39, 0.29) is 16.9 Å². The smallest absolute Gasteiger partial charge is 0.192 e. The maximum absolute atomic E-state index is 12.1. The molecule has 0 unspecified atom stereocenters. The number of aromatic hydroxyl groups is 1. The highest BCUT2D eigenvalue weighted by molar-refractivity contribution is 7.99. The number of thioether (sulfide) groups is 1. The fourth-order valence-electron chi connectivity index (χ4n) is 1.86. The van der Waals surface area contributed by atoms with Crippen molar-refractivity contribution in [3.63, 3.8) is 0 Å². The zero-order valence-corrected chi connectivity index (χ0v) is 14.4. The van der Waals surface area contributed by atoms with Crippen molar-refractivity contribution in [2.45, 2.75) is 32.5 Å². The monoisotopic (exact) mass is 331 g/mol. The average molecular weight is 331 g/mol. The van der Waals surface area contributed by atoms with Crippen molar-refractivity contribution in [3.05, 3.63) is 36.9 Å². The van der Waals surface area contributed by atoms with Crippen LogP contribution in [0.4, 0.5) is 0 Å². The molecule has 0 saturated carbocycles. The first kappa shape index (κ1) is 17.3. The van der Waals surface area contributed by atoms with Crippen LogP contribution in [-0.4, -0.2) is 31.4 Å². The molecule has 1 aromatic carbocycles. The fourth-order valence-corrected chi connectivity index (χ4v) is 2.97. The molecular formula is C17H21N3O2S. The Morgan fingerprint density at radius 2 is 1.96 bits per heavy atom. The van der Waals surface area contributed by atoms with Crippen molar-refractivity contribution >= 4 is 17.5 Å². The van der Waals surface area contributed by atoms with E-state index in [0.29, 0.717) is 23.3 Å². The largest absolute Gasteiger partial charge is 0.508 e. The molecule has 2 rings (SSSR count). The lowest BCUT2D eigenvalue weighted by Gasteiger charge is -2.16. The van der Waals surface area contributed by atoms with Crippen LogP contribution in [0.1, 0.15) is 20.8 Å².